The van der Waals surface area contributed by atoms with Crippen molar-refractivity contribution in [3.63, 3.8) is 0 Å². The molecule has 2 saturated carbocycles. The van der Waals surface area contributed by atoms with E-state index >= 15 is 0 Å². The first kappa shape index (κ1) is 16.0. The van der Waals surface area contributed by atoms with E-state index in [4.69, 9.17) is 0 Å². The molecule has 0 unspecified atom stereocenters. The fourth-order valence-corrected chi connectivity index (χ4v) is 3.35. The van der Waals surface area contributed by atoms with Crippen molar-refractivity contribution < 1.29 is 14.7 Å². The molecule has 0 saturated heterocycles. The molecule has 1 aromatic rings. The second-order valence-corrected chi connectivity index (χ2v) is 7.04. The summed E-state index contributed by atoms with van der Waals surface area (Å²) in [6.07, 6.45) is 5.44. The molecular formula is C19H25NO3. The number of rotatable bonds is 7. The summed E-state index contributed by atoms with van der Waals surface area (Å²) in [6.45, 7) is 2.72. The number of carboxylic acids is 1. The number of hydrogen-bond donors (Lipinski definition) is 1. The molecule has 1 aromatic carbocycles. The van der Waals surface area contributed by atoms with E-state index in [1.165, 1.54) is 5.56 Å². The van der Waals surface area contributed by atoms with Crippen molar-refractivity contribution >= 4 is 11.9 Å². The molecular weight excluding hydrogens is 290 g/mol. The highest BCUT2D eigenvalue weighted by molar-refractivity contribution is 5.86. The van der Waals surface area contributed by atoms with Gasteiger partial charge in [-0.2, -0.15) is 0 Å². The van der Waals surface area contributed by atoms with Crippen LogP contribution >= 0.6 is 0 Å². The molecule has 2 fully saturated rings. The van der Waals surface area contributed by atoms with Crippen LogP contribution in [0.4, 0.5) is 0 Å². The average Bonchev–Trinajstić information content (AvgIpc) is 3.33. The molecule has 1 amide bonds. The molecule has 3 rings (SSSR count). The highest BCUT2D eigenvalue weighted by Crippen LogP contribution is 2.45. The molecule has 0 aliphatic heterocycles. The standard InChI is InChI=1S/C19H25NO3/c1-2-14-4-6-15(7-5-14)13-20(16-8-9-16)17(21)12-19(18(22)23)10-3-11-19/h4-7,16H,2-3,8-13H2,1H3,(H,22,23). The number of aliphatic carboxylic acids is 1. The van der Waals surface area contributed by atoms with Gasteiger partial charge in [0, 0.05) is 19.0 Å². The van der Waals surface area contributed by atoms with Gasteiger partial charge in [-0.05, 0) is 43.2 Å². The fourth-order valence-electron chi connectivity index (χ4n) is 3.35. The lowest BCUT2D eigenvalue weighted by Crippen LogP contribution is -2.44. The fraction of sp³-hybridized carbons (Fsp3) is 0.579. The van der Waals surface area contributed by atoms with E-state index in [-0.39, 0.29) is 12.3 Å². The zero-order chi connectivity index (χ0) is 16.4. The summed E-state index contributed by atoms with van der Waals surface area (Å²) in [5.41, 5.74) is 1.62. The van der Waals surface area contributed by atoms with Gasteiger partial charge in [-0.15, -0.1) is 0 Å². The summed E-state index contributed by atoms with van der Waals surface area (Å²) >= 11 is 0. The molecule has 0 bridgehead atoms. The number of amides is 1. The van der Waals surface area contributed by atoms with Crippen molar-refractivity contribution in [1.29, 1.82) is 0 Å². The van der Waals surface area contributed by atoms with E-state index in [1.807, 2.05) is 4.90 Å². The van der Waals surface area contributed by atoms with E-state index in [1.54, 1.807) is 0 Å². The summed E-state index contributed by atoms with van der Waals surface area (Å²) in [4.78, 5) is 26.1. The molecule has 4 nitrogen and oxygen atoms in total. The Hall–Kier alpha value is -1.84. The van der Waals surface area contributed by atoms with Gasteiger partial charge in [0.05, 0.1) is 5.41 Å². The first-order valence-electron chi connectivity index (χ1n) is 8.65. The molecule has 0 aromatic heterocycles. The molecule has 1 N–H and O–H groups in total. The van der Waals surface area contributed by atoms with Crippen LogP contribution in [0, 0.1) is 5.41 Å². The van der Waals surface area contributed by atoms with Crippen molar-refractivity contribution in [2.24, 2.45) is 5.41 Å². The number of carbonyl (C=O) groups excluding carboxylic acids is 1. The molecule has 4 heteroatoms. The highest BCUT2D eigenvalue weighted by atomic mass is 16.4. The molecule has 0 spiro atoms. The van der Waals surface area contributed by atoms with Crippen LogP contribution in [0.25, 0.3) is 0 Å². The number of carbonyl (C=O) groups is 2. The second-order valence-electron chi connectivity index (χ2n) is 7.04. The first-order chi connectivity index (χ1) is 11.0. The lowest BCUT2D eigenvalue weighted by molar-refractivity contribution is -0.159. The van der Waals surface area contributed by atoms with Gasteiger partial charge >= 0.3 is 5.97 Å². The van der Waals surface area contributed by atoms with Gasteiger partial charge in [-0.1, -0.05) is 37.6 Å². The molecule has 0 atom stereocenters. The maximum atomic E-state index is 12.7. The minimum Gasteiger partial charge on any atom is -0.481 e. The van der Waals surface area contributed by atoms with Crippen molar-refractivity contribution in [1.82, 2.24) is 4.90 Å². The minimum absolute atomic E-state index is 0.00849. The summed E-state index contributed by atoms with van der Waals surface area (Å²) in [6, 6.07) is 8.68. The van der Waals surface area contributed by atoms with E-state index in [9.17, 15) is 14.7 Å². The normalized spacial score (nSPS) is 19.0. The summed E-state index contributed by atoms with van der Waals surface area (Å²) < 4.78 is 0. The Morgan fingerprint density at radius 3 is 2.22 bits per heavy atom. The Morgan fingerprint density at radius 1 is 1.17 bits per heavy atom. The van der Waals surface area contributed by atoms with Gasteiger partial charge in [0.1, 0.15) is 0 Å². The second kappa shape index (κ2) is 6.34. The smallest absolute Gasteiger partial charge is 0.310 e. The lowest BCUT2D eigenvalue weighted by Gasteiger charge is -2.38. The van der Waals surface area contributed by atoms with E-state index in [0.29, 0.717) is 25.4 Å². The monoisotopic (exact) mass is 315 g/mol. The van der Waals surface area contributed by atoms with Gasteiger partial charge in [0.2, 0.25) is 5.91 Å². The van der Waals surface area contributed by atoms with Crippen LogP contribution in [0.3, 0.4) is 0 Å². The van der Waals surface area contributed by atoms with E-state index in [0.717, 1.165) is 31.2 Å². The zero-order valence-electron chi connectivity index (χ0n) is 13.8. The average molecular weight is 315 g/mol. The third-order valence-electron chi connectivity index (χ3n) is 5.35. The third-order valence-corrected chi connectivity index (χ3v) is 5.35. The van der Waals surface area contributed by atoms with Crippen LogP contribution in [0.2, 0.25) is 0 Å². The Balaban J connectivity index is 1.68. The number of benzene rings is 1. The molecule has 2 aliphatic carbocycles. The largest absolute Gasteiger partial charge is 0.481 e. The van der Waals surface area contributed by atoms with Crippen LogP contribution in [0.15, 0.2) is 24.3 Å². The van der Waals surface area contributed by atoms with Crippen molar-refractivity contribution in [2.75, 3.05) is 0 Å². The maximum absolute atomic E-state index is 12.7. The van der Waals surface area contributed by atoms with Crippen LogP contribution in [-0.2, 0) is 22.6 Å². The van der Waals surface area contributed by atoms with Gasteiger partial charge in [0.25, 0.3) is 0 Å². The van der Waals surface area contributed by atoms with Gasteiger partial charge in [-0.25, -0.2) is 0 Å². The Bertz CT molecular complexity index is 585. The van der Waals surface area contributed by atoms with E-state index in [2.05, 4.69) is 31.2 Å². The highest BCUT2D eigenvalue weighted by Gasteiger charge is 2.47. The predicted octanol–water partition coefficient (Wildman–Crippen LogP) is 3.39. The van der Waals surface area contributed by atoms with Crippen LogP contribution in [0.1, 0.15) is 56.6 Å². The van der Waals surface area contributed by atoms with Crippen molar-refractivity contribution in [2.45, 2.75) is 64.5 Å². The quantitative estimate of drug-likeness (QED) is 0.839. The summed E-state index contributed by atoms with van der Waals surface area (Å²) in [5, 5.41) is 9.45. The molecule has 23 heavy (non-hydrogen) atoms. The van der Waals surface area contributed by atoms with Crippen molar-refractivity contribution in [3.8, 4) is 0 Å². The van der Waals surface area contributed by atoms with Crippen LogP contribution in [0.5, 0.6) is 0 Å². The number of carboxylic acid groups (broad SMARTS) is 1. The topological polar surface area (TPSA) is 57.6 Å². The molecule has 124 valence electrons. The Kier molecular flexibility index (Phi) is 4.42. The van der Waals surface area contributed by atoms with Gasteiger partial charge < -0.3 is 10.0 Å². The maximum Gasteiger partial charge on any atom is 0.310 e. The van der Waals surface area contributed by atoms with Gasteiger partial charge in [0.15, 0.2) is 0 Å². The lowest BCUT2D eigenvalue weighted by atomic mass is 9.66. The number of hydrogen-bond acceptors (Lipinski definition) is 2. The number of aryl methyl sites for hydroxylation is 1. The third kappa shape index (κ3) is 3.41. The van der Waals surface area contributed by atoms with Crippen molar-refractivity contribution in [3.05, 3.63) is 35.4 Å². The van der Waals surface area contributed by atoms with Gasteiger partial charge in [-0.3, -0.25) is 9.59 Å². The number of nitrogens with zero attached hydrogens (tertiary/aromatic N) is 1. The summed E-state index contributed by atoms with van der Waals surface area (Å²) in [7, 11) is 0. The van der Waals surface area contributed by atoms with Crippen LogP contribution < -0.4 is 0 Å². The zero-order valence-corrected chi connectivity index (χ0v) is 13.8. The van der Waals surface area contributed by atoms with Crippen LogP contribution in [-0.4, -0.2) is 27.9 Å². The Labute approximate surface area is 137 Å². The van der Waals surface area contributed by atoms with E-state index < -0.39 is 11.4 Å². The summed E-state index contributed by atoms with van der Waals surface area (Å²) in [5.74, 6) is -0.797. The SMILES string of the molecule is CCc1ccc(CN(C(=O)CC2(C(=O)O)CCC2)C2CC2)cc1. The molecule has 2 aliphatic rings. The minimum atomic E-state index is -0.805. The Morgan fingerprint density at radius 2 is 1.78 bits per heavy atom. The molecule has 0 heterocycles. The molecule has 0 radical (unpaired) electrons. The first-order valence-corrected chi connectivity index (χ1v) is 8.65. The predicted molar refractivity (Wildman–Crippen MR) is 87.9 cm³/mol.